The molecule has 42 nitrogen and oxygen atoms in total. The highest BCUT2D eigenvalue weighted by molar-refractivity contribution is 7.99. The van der Waals surface area contributed by atoms with Gasteiger partial charge >= 0.3 is 11.9 Å². The molecule has 14 unspecified atom stereocenters. The SMILES string of the molecule is CN[C@H](CSCC1O[C@@H]2COC[C@H]3C(CO)O[C@@H](COC[C@H]4C(CO)O[C@@H](O[C@H]5C(CO)O[C@@H](O[C@H]6C(CSC[C@@H](CC(=O)CCOCCOCCC(C)=O)C(=O)O)O[C@@H](O[C@H]7C(CO)O[C@H](O[C@H]8C(CO)O[C@H](O[C@@H]1[C@H](O)C2O)C(O)[C@H]8O)C(O)[C@H]7O)C(O)[C@H]6O)C(O)[C@H]5O)C(O)[C@H]4O)C(O)[C@H]3O)C(=O)O. The van der Waals surface area contributed by atoms with Crippen LogP contribution in [0.3, 0.4) is 0 Å². The number of thioether (sulfide) groups is 2. The van der Waals surface area contributed by atoms with Crippen LogP contribution < -0.4 is 5.32 Å². The molecule has 22 saturated heterocycles. The summed E-state index contributed by atoms with van der Waals surface area (Å²) in [7, 11) is 1.39. The number of carboxylic acid groups (broad SMARTS) is 2. The molecule has 22 N–H and O–H groups in total. The maximum atomic E-state index is 13.1. The van der Waals surface area contributed by atoms with E-state index < -0.39 is 316 Å². The number of fused-ring (bicyclic) bond motifs is 1. The van der Waals surface area contributed by atoms with Crippen molar-refractivity contribution in [2.75, 3.05) is 116 Å². The molecular formula is C63H105NO41S2. The molecule has 107 heavy (non-hydrogen) atoms. The van der Waals surface area contributed by atoms with Crippen molar-refractivity contribution in [3.63, 3.8) is 0 Å². The van der Waals surface area contributed by atoms with Crippen molar-refractivity contribution in [2.45, 2.75) is 235 Å². The van der Waals surface area contributed by atoms with Gasteiger partial charge in [0.2, 0.25) is 0 Å². The molecule has 0 aromatic heterocycles. The molecular weight excluding hydrogens is 1490 g/mol. The Hall–Kier alpha value is -2.46. The van der Waals surface area contributed by atoms with E-state index in [1.807, 2.05) is 0 Å². The summed E-state index contributed by atoms with van der Waals surface area (Å²) in [5.41, 5.74) is 0. The minimum atomic E-state index is -2.30. The fourth-order valence-electron chi connectivity index (χ4n) is 13.5. The Bertz CT molecular complexity index is 2690. The Morgan fingerprint density at radius 1 is 0.383 bits per heavy atom. The Labute approximate surface area is 620 Å². The van der Waals surface area contributed by atoms with Crippen LogP contribution in [-0.4, -0.2) is 455 Å². The highest BCUT2D eigenvalue weighted by atomic mass is 32.2. The molecule has 22 aliphatic rings. The van der Waals surface area contributed by atoms with Gasteiger partial charge in [0.25, 0.3) is 0 Å². The van der Waals surface area contributed by atoms with Crippen LogP contribution in [0.4, 0.5) is 0 Å². The van der Waals surface area contributed by atoms with Crippen molar-refractivity contribution in [3.8, 4) is 0 Å². The van der Waals surface area contributed by atoms with Gasteiger partial charge in [-0.3, -0.25) is 19.2 Å². The lowest BCUT2D eigenvalue weighted by atomic mass is 9.87. The summed E-state index contributed by atoms with van der Waals surface area (Å²) in [6.45, 7) is -5.48. The summed E-state index contributed by atoms with van der Waals surface area (Å²) in [5, 5.41) is 239. The number of hydrogen-bond donors (Lipinski definition) is 22. The monoisotopic (exact) mass is 1600 g/mol. The first-order chi connectivity index (χ1) is 51.0. The Balaban J connectivity index is 1.05. The van der Waals surface area contributed by atoms with Gasteiger partial charge in [-0.05, 0) is 14.0 Å². The number of aliphatic carboxylic acids is 2. The number of likely N-dealkylation sites (N-methyl/N-ethyl adjacent to an activating group) is 1. The average Bonchev–Trinajstić information content (AvgIpc) is 0.776. The molecule has 44 heteroatoms. The van der Waals surface area contributed by atoms with Gasteiger partial charge in [-0.25, -0.2) is 0 Å². The van der Waals surface area contributed by atoms with E-state index in [9.17, 15) is 126 Å². The van der Waals surface area contributed by atoms with E-state index in [0.29, 0.717) is 0 Å². The lowest BCUT2D eigenvalue weighted by molar-refractivity contribution is -0.392. The lowest BCUT2D eigenvalue weighted by Gasteiger charge is -2.50. The first kappa shape index (κ1) is 90.1. The third-order valence-electron chi connectivity index (χ3n) is 19.9. The van der Waals surface area contributed by atoms with Crippen LogP contribution in [0.5, 0.6) is 0 Å². The van der Waals surface area contributed by atoms with E-state index in [4.69, 9.17) is 75.8 Å². The number of nitrogens with one attached hydrogen (secondary N) is 1. The zero-order valence-electron chi connectivity index (χ0n) is 58.4. The van der Waals surface area contributed by atoms with E-state index >= 15 is 0 Å². The van der Waals surface area contributed by atoms with Crippen molar-refractivity contribution in [1.29, 1.82) is 0 Å². The molecule has 22 heterocycles. The first-order valence-electron chi connectivity index (χ1n) is 35.1. The van der Waals surface area contributed by atoms with Crippen LogP contribution in [0.15, 0.2) is 0 Å². The summed E-state index contributed by atoms with van der Waals surface area (Å²) in [6.07, 6.45) is -63.7. The molecule has 14 bridgehead atoms. The molecule has 620 valence electrons. The topological polar surface area (TPSA) is 653 Å². The van der Waals surface area contributed by atoms with E-state index in [0.717, 1.165) is 23.5 Å². The second kappa shape index (κ2) is 42.8. The lowest BCUT2D eigenvalue weighted by Crippen LogP contribution is -2.68. The number of hydrogen-bond acceptors (Lipinski definition) is 42. The number of ether oxygens (including phenoxy) is 16. The second-order valence-electron chi connectivity index (χ2n) is 27.3. The molecule has 0 amide bonds. The van der Waals surface area contributed by atoms with Crippen LogP contribution in [-0.2, 0) is 95.0 Å². The molecule has 0 aromatic carbocycles. The van der Waals surface area contributed by atoms with E-state index in [2.05, 4.69) is 5.32 Å². The molecule has 0 spiro atoms. The summed E-state index contributed by atoms with van der Waals surface area (Å²) in [5.74, 6) is -8.28. The molecule has 0 aliphatic carbocycles. The Kier molecular flexibility index (Phi) is 36.0. The van der Waals surface area contributed by atoms with E-state index in [-0.39, 0.29) is 62.3 Å². The summed E-state index contributed by atoms with van der Waals surface area (Å²) < 4.78 is 93.9. The van der Waals surface area contributed by atoms with Crippen molar-refractivity contribution in [2.24, 2.45) is 17.8 Å². The minimum absolute atomic E-state index is 0.0679. The summed E-state index contributed by atoms with van der Waals surface area (Å²) in [6, 6.07) is -1.11. The van der Waals surface area contributed by atoms with Crippen LogP contribution in [0.1, 0.15) is 26.2 Å². The predicted octanol–water partition coefficient (Wildman–Crippen LogP) is -12.4. The number of carbonyl (C=O) groups is 4. The van der Waals surface area contributed by atoms with E-state index in [1.165, 1.54) is 14.0 Å². The third kappa shape index (κ3) is 22.8. The van der Waals surface area contributed by atoms with Gasteiger partial charge in [0.05, 0.1) is 128 Å². The van der Waals surface area contributed by atoms with Gasteiger partial charge in [-0.2, -0.15) is 23.5 Å². The summed E-state index contributed by atoms with van der Waals surface area (Å²) in [4.78, 5) is 48.8. The highest BCUT2D eigenvalue weighted by Gasteiger charge is 2.58. The third-order valence-corrected chi connectivity index (χ3v) is 22.2. The van der Waals surface area contributed by atoms with Gasteiger partial charge in [0.1, 0.15) is 152 Å². The summed E-state index contributed by atoms with van der Waals surface area (Å²) >= 11 is 1.77. The van der Waals surface area contributed by atoms with Crippen LogP contribution in [0.2, 0.25) is 0 Å². The van der Waals surface area contributed by atoms with E-state index in [1.54, 1.807) is 0 Å². The number of Topliss-reactive ketones (excluding diaryl/α,β-unsaturated/α-hetero) is 2. The quantitative estimate of drug-likeness (QED) is 0.0340. The maximum absolute atomic E-state index is 13.1. The zero-order chi connectivity index (χ0) is 78.2. The molecule has 37 atom stereocenters. The Morgan fingerprint density at radius 2 is 0.710 bits per heavy atom. The smallest absolute Gasteiger partial charge is 0.321 e. The largest absolute Gasteiger partial charge is 0.481 e. The molecule has 0 saturated carbocycles. The Morgan fingerprint density at radius 3 is 1.10 bits per heavy atom. The molecule has 22 fully saturated rings. The fourth-order valence-corrected chi connectivity index (χ4v) is 15.9. The van der Waals surface area contributed by atoms with Crippen molar-refractivity contribution in [1.82, 2.24) is 5.32 Å². The van der Waals surface area contributed by atoms with Gasteiger partial charge in [-0.1, -0.05) is 0 Å². The van der Waals surface area contributed by atoms with Crippen LogP contribution >= 0.6 is 23.5 Å². The van der Waals surface area contributed by atoms with Crippen molar-refractivity contribution in [3.05, 3.63) is 0 Å². The average molecular weight is 1600 g/mol. The number of aliphatic hydroxyl groups is 19. The first-order valence-corrected chi connectivity index (χ1v) is 37.4. The number of ketones is 2. The van der Waals surface area contributed by atoms with Crippen LogP contribution in [0.25, 0.3) is 0 Å². The predicted molar refractivity (Wildman–Crippen MR) is 351 cm³/mol. The normalized spacial score (nSPS) is 44.1. The molecule has 22 aliphatic heterocycles. The minimum Gasteiger partial charge on any atom is -0.481 e. The maximum Gasteiger partial charge on any atom is 0.321 e. The van der Waals surface area contributed by atoms with Crippen molar-refractivity contribution >= 4 is 47.0 Å². The molecule has 0 aromatic rings. The fraction of sp³-hybridized carbons (Fsp3) is 0.937. The van der Waals surface area contributed by atoms with Crippen molar-refractivity contribution < 1.29 is 202 Å². The number of carboxylic acids is 2. The standard InChI is InChI=1S/C63H105NO41S2/c1-23(70)3-5-90-7-8-91-6-4-25(71)9-24(57(86)87)19-106-22-37-56-46(80)51(85)63(100-37)103-54-33(14-69)97-60(48(82)43(54)77)102-53-32(13-68)98-61(49(83)45(53)79)104-55-36(21-107-20-28(64-2)58(88)89)95-35(41(75)42(55)76)18-92-15-26-29(10-65)94-34(40(74)38(26)72)17-93-16-27-30(11-66)96-59(47(81)39(27)73)101-52-31(12-67)99-62(105-56)50(84)44(52)78/h24,26-56,59-69,72-85H,3-22H2,1-2H3,(H,86,87)(H,88,89)/t24-,26+,27+,28-,29?,30?,31?,32?,33?,34+,35-,36?,37?,38+,39+,40?,41?,42-,43-,44-,45-,46-,47?,48?,49?,50?,51?,52+,53+,54+,55+,56+,59+,60-,61-,62+,63+/m1/s1. The van der Waals surface area contributed by atoms with Gasteiger partial charge < -0.3 is 188 Å². The van der Waals surface area contributed by atoms with Gasteiger partial charge in [0.15, 0.2) is 31.5 Å². The van der Waals surface area contributed by atoms with Crippen LogP contribution in [0, 0.1) is 17.8 Å². The number of rotatable bonds is 27. The molecule has 22 rings (SSSR count). The van der Waals surface area contributed by atoms with Gasteiger partial charge in [0, 0.05) is 54.1 Å². The molecule has 0 radical (unpaired) electrons. The second-order valence-corrected chi connectivity index (χ2v) is 29.4. The number of carbonyl (C=O) groups excluding carboxylic acids is 2. The zero-order valence-corrected chi connectivity index (χ0v) is 60.0. The van der Waals surface area contributed by atoms with Gasteiger partial charge in [-0.15, -0.1) is 0 Å². The number of aliphatic hydroxyl groups excluding tert-OH is 19. The highest BCUT2D eigenvalue weighted by Crippen LogP contribution is 2.39.